The lowest BCUT2D eigenvalue weighted by atomic mass is 9.60. The molecule has 1 amide bonds. The van der Waals surface area contributed by atoms with E-state index < -0.39 is 0 Å². The molecule has 2 fully saturated rings. The second-order valence-electron chi connectivity index (χ2n) is 9.99. The molecule has 2 atom stereocenters. The van der Waals surface area contributed by atoms with Crippen molar-refractivity contribution < 1.29 is 4.79 Å². The van der Waals surface area contributed by atoms with Crippen LogP contribution in [0.3, 0.4) is 0 Å². The van der Waals surface area contributed by atoms with Gasteiger partial charge in [-0.3, -0.25) is 9.69 Å². The van der Waals surface area contributed by atoms with Crippen LogP contribution in [0.2, 0.25) is 0 Å². The Morgan fingerprint density at radius 3 is 2.04 bits per heavy atom. The summed E-state index contributed by atoms with van der Waals surface area (Å²) in [6.07, 6.45) is 7.42. The average Bonchev–Trinajstić information content (AvgIpc) is 2.76. The molecule has 0 bridgehead atoms. The van der Waals surface area contributed by atoms with Crippen molar-refractivity contribution in [1.82, 2.24) is 10.2 Å². The van der Waals surface area contributed by atoms with Crippen molar-refractivity contribution in [2.45, 2.75) is 91.1 Å². The first-order valence-corrected chi connectivity index (χ1v) is 9.53. The maximum Gasteiger partial charge on any atom is 0.241 e. The van der Waals surface area contributed by atoms with Crippen LogP contribution < -0.4 is 5.32 Å². The lowest BCUT2D eigenvalue weighted by Gasteiger charge is -2.51. The Kier molecular flexibility index (Phi) is 5.21. The SMILES string of the molecule is CN1CCC(C(C)(C)C)[C@]1(C(=O)NC(C)(C)C)C1CCCCC1. The topological polar surface area (TPSA) is 32.3 Å². The predicted molar refractivity (Wildman–Crippen MR) is 97.4 cm³/mol. The number of nitrogens with one attached hydrogen (secondary N) is 1. The van der Waals surface area contributed by atoms with Crippen molar-refractivity contribution >= 4 is 5.91 Å². The number of likely N-dealkylation sites (N-methyl/N-ethyl adjacent to an activating group) is 1. The maximum absolute atomic E-state index is 13.6. The molecular weight excluding hydrogens is 284 g/mol. The summed E-state index contributed by atoms with van der Waals surface area (Å²) in [4.78, 5) is 16.0. The van der Waals surface area contributed by atoms with Crippen LogP contribution in [0.1, 0.15) is 80.1 Å². The number of hydrogen-bond acceptors (Lipinski definition) is 2. The van der Waals surface area contributed by atoms with Gasteiger partial charge in [-0.1, -0.05) is 40.0 Å². The van der Waals surface area contributed by atoms with Gasteiger partial charge in [0, 0.05) is 5.54 Å². The molecule has 1 unspecified atom stereocenters. The molecule has 0 aromatic rings. The number of rotatable bonds is 2. The van der Waals surface area contributed by atoms with Crippen LogP contribution in [-0.4, -0.2) is 35.5 Å². The van der Waals surface area contributed by atoms with Crippen LogP contribution in [0.25, 0.3) is 0 Å². The summed E-state index contributed by atoms with van der Waals surface area (Å²) in [5.41, 5.74) is -0.353. The smallest absolute Gasteiger partial charge is 0.241 e. The molecule has 0 radical (unpaired) electrons. The molecule has 0 spiro atoms. The van der Waals surface area contributed by atoms with Gasteiger partial charge in [-0.15, -0.1) is 0 Å². The van der Waals surface area contributed by atoms with Crippen molar-refractivity contribution in [1.29, 1.82) is 0 Å². The zero-order chi connectivity index (χ0) is 17.5. The Balaban J connectivity index is 2.46. The molecule has 2 aliphatic rings. The summed E-state index contributed by atoms with van der Waals surface area (Å²) in [6.45, 7) is 14.3. The Morgan fingerprint density at radius 2 is 1.57 bits per heavy atom. The summed E-state index contributed by atoms with van der Waals surface area (Å²) in [5.74, 6) is 1.19. The zero-order valence-corrected chi connectivity index (χ0v) is 16.5. The Hall–Kier alpha value is -0.570. The minimum Gasteiger partial charge on any atom is -0.350 e. The van der Waals surface area contributed by atoms with Gasteiger partial charge in [-0.2, -0.15) is 0 Å². The van der Waals surface area contributed by atoms with Crippen molar-refractivity contribution in [3.05, 3.63) is 0 Å². The van der Waals surface area contributed by atoms with Gasteiger partial charge in [0.15, 0.2) is 0 Å². The third-order valence-corrected chi connectivity index (χ3v) is 6.04. The Bertz CT molecular complexity index is 426. The molecular formula is C20H38N2O. The molecule has 1 aliphatic heterocycles. The summed E-state index contributed by atoms with van der Waals surface area (Å²) >= 11 is 0. The molecule has 3 nitrogen and oxygen atoms in total. The van der Waals surface area contributed by atoms with E-state index in [4.69, 9.17) is 0 Å². The van der Waals surface area contributed by atoms with E-state index in [2.05, 4.69) is 58.8 Å². The van der Waals surface area contributed by atoms with E-state index in [9.17, 15) is 4.79 Å². The first-order valence-electron chi connectivity index (χ1n) is 9.53. The van der Waals surface area contributed by atoms with Crippen molar-refractivity contribution in [2.24, 2.45) is 17.3 Å². The van der Waals surface area contributed by atoms with Gasteiger partial charge in [-0.05, 0) is 70.9 Å². The molecule has 1 saturated heterocycles. The molecule has 3 heteroatoms. The van der Waals surface area contributed by atoms with Crippen LogP contribution >= 0.6 is 0 Å². The van der Waals surface area contributed by atoms with Gasteiger partial charge in [0.2, 0.25) is 5.91 Å². The number of carbonyl (C=O) groups excluding carboxylic acids is 1. The lowest BCUT2D eigenvalue weighted by Crippen LogP contribution is -2.66. The Labute approximate surface area is 143 Å². The van der Waals surface area contributed by atoms with Gasteiger partial charge < -0.3 is 5.32 Å². The number of nitrogens with zero attached hydrogens (tertiary/aromatic N) is 1. The van der Waals surface area contributed by atoms with Crippen molar-refractivity contribution in [3.8, 4) is 0 Å². The van der Waals surface area contributed by atoms with E-state index in [1.165, 1.54) is 32.1 Å². The van der Waals surface area contributed by atoms with E-state index >= 15 is 0 Å². The number of hydrogen-bond donors (Lipinski definition) is 1. The fourth-order valence-electron chi connectivity index (χ4n) is 5.18. The van der Waals surface area contributed by atoms with Crippen molar-refractivity contribution in [3.63, 3.8) is 0 Å². The lowest BCUT2D eigenvalue weighted by molar-refractivity contribution is -0.143. The van der Waals surface area contributed by atoms with Crippen LogP contribution in [0.4, 0.5) is 0 Å². The number of amides is 1. The number of likely N-dealkylation sites (tertiary alicyclic amines) is 1. The molecule has 1 saturated carbocycles. The summed E-state index contributed by atoms with van der Waals surface area (Å²) in [7, 11) is 2.18. The van der Waals surface area contributed by atoms with Gasteiger partial charge >= 0.3 is 0 Å². The molecule has 23 heavy (non-hydrogen) atoms. The van der Waals surface area contributed by atoms with Gasteiger partial charge in [0.05, 0.1) is 0 Å². The Morgan fingerprint density at radius 1 is 1.00 bits per heavy atom. The van der Waals surface area contributed by atoms with Crippen LogP contribution in [0.5, 0.6) is 0 Å². The van der Waals surface area contributed by atoms with Gasteiger partial charge in [0.1, 0.15) is 5.54 Å². The molecule has 0 aromatic carbocycles. The maximum atomic E-state index is 13.6. The van der Waals surface area contributed by atoms with Crippen LogP contribution in [0.15, 0.2) is 0 Å². The van der Waals surface area contributed by atoms with Crippen LogP contribution in [-0.2, 0) is 4.79 Å². The highest BCUT2D eigenvalue weighted by molar-refractivity contribution is 5.88. The van der Waals surface area contributed by atoms with E-state index in [1.54, 1.807) is 0 Å². The average molecular weight is 323 g/mol. The fraction of sp³-hybridized carbons (Fsp3) is 0.950. The molecule has 1 aliphatic carbocycles. The third kappa shape index (κ3) is 3.60. The largest absolute Gasteiger partial charge is 0.350 e. The van der Waals surface area contributed by atoms with Gasteiger partial charge in [-0.25, -0.2) is 0 Å². The van der Waals surface area contributed by atoms with Crippen molar-refractivity contribution in [2.75, 3.05) is 13.6 Å². The first-order chi connectivity index (χ1) is 10.5. The van der Waals surface area contributed by atoms with Gasteiger partial charge in [0.25, 0.3) is 0 Å². The molecule has 1 N–H and O–H groups in total. The van der Waals surface area contributed by atoms with E-state index in [0.717, 1.165) is 13.0 Å². The van der Waals surface area contributed by atoms with Crippen LogP contribution in [0, 0.1) is 17.3 Å². The second-order valence-corrected chi connectivity index (χ2v) is 9.99. The highest BCUT2D eigenvalue weighted by Crippen LogP contribution is 2.52. The quantitative estimate of drug-likeness (QED) is 0.825. The minimum absolute atomic E-state index is 0.150. The summed E-state index contributed by atoms with van der Waals surface area (Å²) < 4.78 is 0. The first kappa shape index (κ1) is 18.8. The zero-order valence-electron chi connectivity index (χ0n) is 16.5. The number of carbonyl (C=O) groups is 1. The third-order valence-electron chi connectivity index (χ3n) is 6.04. The normalized spacial score (nSPS) is 31.3. The molecule has 134 valence electrons. The van der Waals surface area contributed by atoms with E-state index in [1.807, 2.05) is 0 Å². The van der Waals surface area contributed by atoms with E-state index in [-0.39, 0.29) is 22.4 Å². The molecule has 0 aromatic heterocycles. The van der Waals surface area contributed by atoms with E-state index in [0.29, 0.717) is 11.8 Å². The monoisotopic (exact) mass is 322 g/mol. The summed E-state index contributed by atoms with van der Waals surface area (Å²) in [5, 5.41) is 3.35. The highest BCUT2D eigenvalue weighted by atomic mass is 16.2. The molecule has 2 rings (SSSR count). The highest BCUT2D eigenvalue weighted by Gasteiger charge is 2.60. The summed E-state index contributed by atoms with van der Waals surface area (Å²) in [6, 6.07) is 0. The second kappa shape index (κ2) is 6.38. The standard InChI is InChI=1S/C20H38N2O/c1-18(2,3)16-13-14-22(7)20(16,15-11-9-8-10-12-15)17(23)21-19(4,5)6/h15-16H,8-14H2,1-7H3,(H,21,23)/t16?,20-/m0/s1. The minimum atomic E-state index is -0.327. The fourth-order valence-corrected chi connectivity index (χ4v) is 5.18. The predicted octanol–water partition coefficient (Wildman–Crippen LogP) is 4.22. The molecule has 1 heterocycles.